The van der Waals surface area contributed by atoms with Gasteiger partial charge in [0.2, 0.25) is 5.91 Å². The first-order chi connectivity index (χ1) is 10.1. The highest BCUT2D eigenvalue weighted by Crippen LogP contribution is 2.12. The number of benzene rings is 1. The number of amides is 1. The number of carbonyl (C=O) groups is 1. The molecular weight excluding hydrogens is 274 g/mol. The van der Waals surface area contributed by atoms with Crippen LogP contribution in [0.2, 0.25) is 0 Å². The number of carbonyl (C=O) groups excluding carboxylic acids is 1. The normalized spacial score (nSPS) is 17.9. The van der Waals surface area contributed by atoms with Crippen LogP contribution in [0.1, 0.15) is 31.2 Å². The Labute approximate surface area is 124 Å². The minimum atomic E-state index is -0.835. The van der Waals surface area contributed by atoms with Crippen molar-refractivity contribution in [2.24, 2.45) is 5.92 Å². The van der Waals surface area contributed by atoms with Gasteiger partial charge in [0.25, 0.3) is 0 Å². The Hall–Kier alpha value is -1.49. The lowest BCUT2D eigenvalue weighted by molar-refractivity contribution is -0.121. The van der Waals surface area contributed by atoms with Crippen molar-refractivity contribution in [3.8, 4) is 0 Å². The minimum Gasteiger partial charge on any atom is -0.356 e. The molecule has 2 N–H and O–H groups in total. The predicted molar refractivity (Wildman–Crippen MR) is 77.9 cm³/mol. The van der Waals surface area contributed by atoms with Gasteiger partial charge < -0.3 is 10.6 Å². The van der Waals surface area contributed by atoms with Crippen LogP contribution >= 0.6 is 0 Å². The fourth-order valence-electron chi connectivity index (χ4n) is 2.61. The Morgan fingerprint density at radius 2 is 2.19 bits per heavy atom. The molecule has 1 aromatic carbocycles. The van der Waals surface area contributed by atoms with E-state index < -0.39 is 11.6 Å². The Kier molecular flexibility index (Phi) is 6.11. The second-order valence-electron chi connectivity index (χ2n) is 5.60. The van der Waals surface area contributed by atoms with Gasteiger partial charge in [-0.15, -0.1) is 0 Å². The van der Waals surface area contributed by atoms with E-state index in [9.17, 15) is 13.6 Å². The predicted octanol–water partition coefficient (Wildman–Crippen LogP) is 2.40. The summed E-state index contributed by atoms with van der Waals surface area (Å²) in [6.07, 6.45) is 3.84. The fraction of sp³-hybridized carbons (Fsp3) is 0.562. The van der Waals surface area contributed by atoms with E-state index in [-0.39, 0.29) is 5.91 Å². The van der Waals surface area contributed by atoms with E-state index in [0.717, 1.165) is 37.7 Å². The molecule has 0 saturated carbocycles. The molecule has 0 aromatic heterocycles. The summed E-state index contributed by atoms with van der Waals surface area (Å²) in [5.41, 5.74) is 0.721. The zero-order chi connectivity index (χ0) is 15.1. The second-order valence-corrected chi connectivity index (χ2v) is 5.60. The molecule has 0 bridgehead atoms. The maximum atomic E-state index is 13.0. The highest BCUT2D eigenvalue weighted by molar-refractivity contribution is 5.75. The molecule has 1 saturated heterocycles. The van der Waals surface area contributed by atoms with Crippen LogP contribution in [0.3, 0.4) is 0 Å². The van der Waals surface area contributed by atoms with Crippen LogP contribution in [0.15, 0.2) is 18.2 Å². The fourth-order valence-corrected chi connectivity index (χ4v) is 2.61. The molecule has 1 heterocycles. The summed E-state index contributed by atoms with van der Waals surface area (Å²) in [6, 6.07) is 3.88. The first-order valence-electron chi connectivity index (χ1n) is 7.56. The van der Waals surface area contributed by atoms with Gasteiger partial charge in [0.15, 0.2) is 11.6 Å². The molecule has 1 fully saturated rings. The third-order valence-corrected chi connectivity index (χ3v) is 3.89. The molecule has 3 nitrogen and oxygen atoms in total. The van der Waals surface area contributed by atoms with Crippen LogP contribution in [-0.4, -0.2) is 25.5 Å². The zero-order valence-corrected chi connectivity index (χ0v) is 12.1. The Balaban J connectivity index is 1.59. The number of aryl methyl sites for hydroxylation is 1. The van der Waals surface area contributed by atoms with Crippen LogP contribution in [0.5, 0.6) is 0 Å². The summed E-state index contributed by atoms with van der Waals surface area (Å²) < 4.78 is 25.8. The topological polar surface area (TPSA) is 41.1 Å². The molecule has 2 rings (SSSR count). The maximum Gasteiger partial charge on any atom is 0.220 e. The third-order valence-electron chi connectivity index (χ3n) is 3.89. The van der Waals surface area contributed by atoms with E-state index in [1.54, 1.807) is 6.07 Å². The first-order valence-corrected chi connectivity index (χ1v) is 7.56. The van der Waals surface area contributed by atoms with Gasteiger partial charge in [0.05, 0.1) is 0 Å². The molecule has 0 radical (unpaired) electrons. The van der Waals surface area contributed by atoms with Crippen molar-refractivity contribution >= 4 is 5.91 Å². The van der Waals surface area contributed by atoms with Gasteiger partial charge in [-0.05, 0) is 62.4 Å². The quantitative estimate of drug-likeness (QED) is 0.811. The summed E-state index contributed by atoms with van der Waals surface area (Å²) in [6.45, 7) is 2.84. The lowest BCUT2D eigenvalue weighted by Gasteiger charge is -2.09. The molecule has 1 aliphatic rings. The molecule has 116 valence electrons. The van der Waals surface area contributed by atoms with E-state index in [1.807, 2.05) is 0 Å². The van der Waals surface area contributed by atoms with Gasteiger partial charge in [-0.25, -0.2) is 8.78 Å². The monoisotopic (exact) mass is 296 g/mol. The van der Waals surface area contributed by atoms with Crippen molar-refractivity contribution < 1.29 is 13.6 Å². The van der Waals surface area contributed by atoms with Crippen LogP contribution in [0.25, 0.3) is 0 Å². The van der Waals surface area contributed by atoms with Crippen LogP contribution in [-0.2, 0) is 11.2 Å². The Morgan fingerprint density at radius 3 is 2.90 bits per heavy atom. The Morgan fingerprint density at radius 1 is 1.33 bits per heavy atom. The third kappa shape index (κ3) is 5.42. The number of hydrogen-bond acceptors (Lipinski definition) is 2. The number of rotatable bonds is 7. The van der Waals surface area contributed by atoms with Gasteiger partial charge in [-0.2, -0.15) is 0 Å². The molecule has 1 atom stereocenters. The summed E-state index contributed by atoms with van der Waals surface area (Å²) in [5.74, 6) is -0.962. The van der Waals surface area contributed by atoms with Crippen molar-refractivity contribution in [3.05, 3.63) is 35.4 Å². The highest BCUT2D eigenvalue weighted by Gasteiger charge is 2.14. The van der Waals surface area contributed by atoms with Crippen LogP contribution < -0.4 is 10.6 Å². The average molecular weight is 296 g/mol. The molecular formula is C16H22F2N2O. The summed E-state index contributed by atoms with van der Waals surface area (Å²) in [7, 11) is 0. The Bertz CT molecular complexity index is 473. The zero-order valence-electron chi connectivity index (χ0n) is 12.1. The molecule has 1 aliphatic heterocycles. The maximum absolute atomic E-state index is 13.0. The first kappa shape index (κ1) is 15.9. The van der Waals surface area contributed by atoms with Crippen LogP contribution in [0.4, 0.5) is 8.78 Å². The molecule has 1 amide bonds. The van der Waals surface area contributed by atoms with E-state index in [4.69, 9.17) is 0 Å². The standard InChI is InChI=1S/C16H22F2N2O/c17-14-5-4-12(10-15(14)18)2-1-3-16(21)20-9-7-13-6-8-19-11-13/h4-5,10,13,19H,1-3,6-9,11H2,(H,20,21). The van der Waals surface area contributed by atoms with Gasteiger partial charge in [-0.3, -0.25) is 4.79 Å². The summed E-state index contributed by atoms with van der Waals surface area (Å²) in [5, 5.41) is 6.22. The van der Waals surface area contributed by atoms with E-state index in [2.05, 4.69) is 10.6 Å². The molecule has 1 aromatic rings. The van der Waals surface area contributed by atoms with Gasteiger partial charge >= 0.3 is 0 Å². The van der Waals surface area contributed by atoms with E-state index >= 15 is 0 Å². The summed E-state index contributed by atoms with van der Waals surface area (Å²) >= 11 is 0. The van der Waals surface area contributed by atoms with Gasteiger partial charge in [0.1, 0.15) is 0 Å². The van der Waals surface area contributed by atoms with Gasteiger partial charge in [0, 0.05) is 13.0 Å². The molecule has 5 heteroatoms. The smallest absolute Gasteiger partial charge is 0.220 e. The van der Waals surface area contributed by atoms with Crippen LogP contribution in [0, 0.1) is 17.6 Å². The molecule has 0 spiro atoms. The number of halogens is 2. The lowest BCUT2D eigenvalue weighted by Crippen LogP contribution is -2.26. The van der Waals surface area contributed by atoms with E-state index in [1.165, 1.54) is 12.5 Å². The second kappa shape index (κ2) is 8.08. The van der Waals surface area contributed by atoms with Crippen molar-refractivity contribution in [1.82, 2.24) is 10.6 Å². The van der Waals surface area contributed by atoms with Crippen molar-refractivity contribution in [3.63, 3.8) is 0 Å². The van der Waals surface area contributed by atoms with Crippen molar-refractivity contribution in [2.45, 2.75) is 32.1 Å². The largest absolute Gasteiger partial charge is 0.356 e. The molecule has 0 aliphatic carbocycles. The van der Waals surface area contributed by atoms with Gasteiger partial charge in [-0.1, -0.05) is 6.07 Å². The van der Waals surface area contributed by atoms with E-state index in [0.29, 0.717) is 25.2 Å². The number of nitrogens with one attached hydrogen (secondary N) is 2. The minimum absolute atomic E-state index is 0.0311. The molecule has 1 unspecified atom stereocenters. The average Bonchev–Trinajstić information content (AvgIpc) is 2.96. The molecule has 21 heavy (non-hydrogen) atoms. The van der Waals surface area contributed by atoms with Crippen molar-refractivity contribution in [1.29, 1.82) is 0 Å². The SMILES string of the molecule is O=C(CCCc1ccc(F)c(F)c1)NCCC1CCNC1. The summed E-state index contributed by atoms with van der Waals surface area (Å²) in [4.78, 5) is 11.7. The highest BCUT2D eigenvalue weighted by atomic mass is 19.2. The lowest BCUT2D eigenvalue weighted by atomic mass is 10.1. The van der Waals surface area contributed by atoms with Crippen molar-refractivity contribution in [2.75, 3.05) is 19.6 Å². The number of hydrogen-bond donors (Lipinski definition) is 2.